The number of carbonyl (C=O) groups excluding carboxylic acids is 1. The van der Waals surface area contributed by atoms with Gasteiger partial charge in [-0.15, -0.1) is 0 Å². The molecule has 32 heavy (non-hydrogen) atoms. The number of hydrogen-bond donors (Lipinski definition) is 1. The summed E-state index contributed by atoms with van der Waals surface area (Å²) in [6.07, 6.45) is 5.14. The standard InChI is InChI=1S/C23H27N5O4/c1-16-24-15-19(22-25-21(26-32-22)17-7-3-2-4-8-17)23(31)27(16)13-10-20(30)28-12-6-5-9-18(28)11-14-29/h2-4,7-8,15,18,29H,5-6,9-14H2,1H3. The van der Waals surface area contributed by atoms with Crippen LogP contribution in [-0.2, 0) is 11.3 Å². The number of aromatic nitrogens is 4. The van der Waals surface area contributed by atoms with Gasteiger partial charge in [0.05, 0.1) is 0 Å². The van der Waals surface area contributed by atoms with Gasteiger partial charge >= 0.3 is 0 Å². The summed E-state index contributed by atoms with van der Waals surface area (Å²) in [7, 11) is 0. The number of benzene rings is 1. The van der Waals surface area contributed by atoms with Crippen molar-refractivity contribution in [3.8, 4) is 22.8 Å². The lowest BCUT2D eigenvalue weighted by molar-refractivity contribution is -0.135. The molecule has 1 aliphatic rings. The second kappa shape index (κ2) is 9.86. The fraction of sp³-hybridized carbons (Fsp3) is 0.435. The second-order valence-electron chi connectivity index (χ2n) is 7.96. The van der Waals surface area contributed by atoms with Gasteiger partial charge < -0.3 is 14.5 Å². The van der Waals surface area contributed by atoms with Gasteiger partial charge in [-0.2, -0.15) is 4.98 Å². The number of aliphatic hydroxyl groups excluding tert-OH is 1. The van der Waals surface area contributed by atoms with Crippen LogP contribution in [0, 0.1) is 6.92 Å². The monoisotopic (exact) mass is 437 g/mol. The lowest BCUT2D eigenvalue weighted by Gasteiger charge is -2.35. The van der Waals surface area contributed by atoms with Crippen LogP contribution in [0.25, 0.3) is 22.8 Å². The minimum atomic E-state index is -0.320. The maximum Gasteiger partial charge on any atom is 0.266 e. The molecule has 0 spiro atoms. The van der Waals surface area contributed by atoms with Gasteiger partial charge in [0.2, 0.25) is 11.7 Å². The number of aliphatic hydroxyl groups is 1. The Morgan fingerprint density at radius 2 is 2.06 bits per heavy atom. The molecule has 1 atom stereocenters. The largest absolute Gasteiger partial charge is 0.396 e. The fourth-order valence-electron chi connectivity index (χ4n) is 4.15. The third-order valence-electron chi connectivity index (χ3n) is 5.89. The van der Waals surface area contributed by atoms with Crippen molar-refractivity contribution in [3.05, 3.63) is 52.7 Å². The number of piperidine rings is 1. The van der Waals surface area contributed by atoms with Gasteiger partial charge in [-0.3, -0.25) is 14.2 Å². The van der Waals surface area contributed by atoms with Gasteiger partial charge in [0.1, 0.15) is 11.4 Å². The molecule has 2 aromatic heterocycles. The van der Waals surface area contributed by atoms with E-state index in [1.54, 1.807) is 6.92 Å². The van der Waals surface area contributed by atoms with Gasteiger partial charge in [0.15, 0.2) is 0 Å². The van der Waals surface area contributed by atoms with Crippen molar-refractivity contribution in [2.24, 2.45) is 0 Å². The van der Waals surface area contributed by atoms with E-state index >= 15 is 0 Å². The molecule has 3 heterocycles. The van der Waals surface area contributed by atoms with Crippen molar-refractivity contribution in [1.82, 2.24) is 24.6 Å². The van der Waals surface area contributed by atoms with E-state index in [1.807, 2.05) is 35.2 Å². The first-order chi connectivity index (χ1) is 15.6. The molecule has 9 heteroatoms. The zero-order valence-corrected chi connectivity index (χ0v) is 18.1. The first kappa shape index (κ1) is 21.9. The summed E-state index contributed by atoms with van der Waals surface area (Å²) in [5.41, 5.74) is 0.667. The van der Waals surface area contributed by atoms with Crippen LogP contribution < -0.4 is 5.56 Å². The smallest absolute Gasteiger partial charge is 0.266 e. The van der Waals surface area contributed by atoms with E-state index in [0.29, 0.717) is 24.6 Å². The molecule has 168 valence electrons. The number of rotatable bonds is 7. The topological polar surface area (TPSA) is 114 Å². The lowest BCUT2D eigenvalue weighted by atomic mass is 9.99. The summed E-state index contributed by atoms with van der Waals surface area (Å²) in [6, 6.07) is 9.42. The third-order valence-corrected chi connectivity index (χ3v) is 5.89. The Labute approximate surface area is 185 Å². The molecule has 1 N–H and O–H groups in total. The molecule has 3 aromatic rings. The number of amides is 1. The Kier molecular flexibility index (Phi) is 6.75. The first-order valence-corrected chi connectivity index (χ1v) is 10.9. The van der Waals surface area contributed by atoms with Crippen molar-refractivity contribution in [2.45, 2.75) is 51.6 Å². The van der Waals surface area contributed by atoms with Crippen LogP contribution >= 0.6 is 0 Å². The van der Waals surface area contributed by atoms with E-state index in [1.165, 1.54) is 10.8 Å². The van der Waals surface area contributed by atoms with E-state index in [0.717, 1.165) is 24.8 Å². The third kappa shape index (κ3) is 4.62. The van der Waals surface area contributed by atoms with Crippen molar-refractivity contribution in [3.63, 3.8) is 0 Å². The number of likely N-dealkylation sites (tertiary alicyclic amines) is 1. The lowest BCUT2D eigenvalue weighted by Crippen LogP contribution is -2.44. The van der Waals surface area contributed by atoms with E-state index < -0.39 is 0 Å². The van der Waals surface area contributed by atoms with E-state index in [2.05, 4.69) is 15.1 Å². The van der Waals surface area contributed by atoms with Crippen LogP contribution in [-0.4, -0.2) is 54.8 Å². The molecule has 0 saturated carbocycles. The molecule has 0 bridgehead atoms. The summed E-state index contributed by atoms with van der Waals surface area (Å²) in [6.45, 7) is 2.70. The Morgan fingerprint density at radius 3 is 2.84 bits per heavy atom. The highest BCUT2D eigenvalue weighted by Gasteiger charge is 2.26. The second-order valence-corrected chi connectivity index (χ2v) is 7.96. The molecule has 1 unspecified atom stereocenters. The Hall–Kier alpha value is -3.33. The van der Waals surface area contributed by atoms with Gasteiger partial charge in [0.25, 0.3) is 11.4 Å². The van der Waals surface area contributed by atoms with Gasteiger partial charge in [-0.25, -0.2) is 4.98 Å². The SMILES string of the molecule is Cc1ncc(-c2nc(-c3ccccc3)no2)c(=O)n1CCC(=O)N1CCCCC1CCO. The predicted molar refractivity (Wildman–Crippen MR) is 118 cm³/mol. The van der Waals surface area contributed by atoms with Crippen LogP contribution in [0.1, 0.15) is 37.9 Å². The number of hydrogen-bond acceptors (Lipinski definition) is 7. The highest BCUT2D eigenvalue weighted by atomic mass is 16.5. The minimum Gasteiger partial charge on any atom is -0.396 e. The van der Waals surface area contributed by atoms with Crippen molar-refractivity contribution >= 4 is 5.91 Å². The number of carbonyl (C=O) groups is 1. The van der Waals surface area contributed by atoms with E-state index in [9.17, 15) is 14.7 Å². The van der Waals surface area contributed by atoms with Gasteiger partial charge in [0, 0.05) is 43.9 Å². The number of aryl methyl sites for hydroxylation is 1. The van der Waals surface area contributed by atoms with Gasteiger partial charge in [-0.05, 0) is 32.6 Å². The summed E-state index contributed by atoms with van der Waals surface area (Å²) in [5, 5.41) is 13.3. The molecule has 0 radical (unpaired) electrons. The van der Waals surface area contributed by atoms with E-state index in [-0.39, 0.29) is 48.5 Å². The Balaban J connectivity index is 1.52. The maximum absolute atomic E-state index is 13.1. The quantitative estimate of drug-likeness (QED) is 0.604. The molecule has 1 fully saturated rings. The molecule has 4 rings (SSSR count). The Morgan fingerprint density at radius 1 is 1.25 bits per heavy atom. The molecule has 1 saturated heterocycles. The van der Waals surface area contributed by atoms with Gasteiger partial charge in [-0.1, -0.05) is 35.5 Å². The molecule has 0 aliphatic carbocycles. The zero-order valence-electron chi connectivity index (χ0n) is 18.1. The minimum absolute atomic E-state index is 0.0102. The molecular formula is C23H27N5O4. The van der Waals surface area contributed by atoms with Crippen molar-refractivity contribution in [1.29, 1.82) is 0 Å². The summed E-state index contributed by atoms with van der Waals surface area (Å²) in [4.78, 5) is 36.5. The van der Waals surface area contributed by atoms with Crippen LogP contribution in [0.15, 0.2) is 45.8 Å². The Bertz CT molecular complexity index is 1120. The van der Waals surface area contributed by atoms with Crippen LogP contribution in [0.5, 0.6) is 0 Å². The van der Waals surface area contributed by atoms with Crippen LogP contribution in [0.2, 0.25) is 0 Å². The normalized spacial score (nSPS) is 16.3. The van der Waals surface area contributed by atoms with Crippen LogP contribution in [0.3, 0.4) is 0 Å². The molecule has 1 amide bonds. The summed E-state index contributed by atoms with van der Waals surface area (Å²) >= 11 is 0. The molecular weight excluding hydrogens is 410 g/mol. The van der Waals surface area contributed by atoms with Crippen molar-refractivity contribution in [2.75, 3.05) is 13.2 Å². The molecule has 9 nitrogen and oxygen atoms in total. The number of nitrogens with zero attached hydrogens (tertiary/aromatic N) is 5. The van der Waals surface area contributed by atoms with Crippen molar-refractivity contribution < 1.29 is 14.4 Å². The predicted octanol–water partition coefficient (Wildman–Crippen LogP) is 2.42. The highest BCUT2D eigenvalue weighted by molar-refractivity contribution is 5.76. The summed E-state index contributed by atoms with van der Waals surface area (Å²) in [5.74, 6) is 0.992. The van der Waals surface area contributed by atoms with Crippen LogP contribution in [0.4, 0.5) is 0 Å². The highest BCUT2D eigenvalue weighted by Crippen LogP contribution is 2.21. The average Bonchev–Trinajstić information content (AvgIpc) is 3.30. The molecule has 1 aliphatic heterocycles. The fourth-order valence-corrected chi connectivity index (χ4v) is 4.15. The maximum atomic E-state index is 13.1. The molecule has 1 aromatic carbocycles. The average molecular weight is 438 g/mol. The summed E-state index contributed by atoms with van der Waals surface area (Å²) < 4.78 is 6.81. The zero-order chi connectivity index (χ0) is 22.5. The first-order valence-electron chi connectivity index (χ1n) is 10.9. The van der Waals surface area contributed by atoms with E-state index in [4.69, 9.17) is 4.52 Å².